The van der Waals surface area contributed by atoms with Crippen LogP contribution in [0.2, 0.25) is 0 Å². The molecule has 0 aromatic rings. The van der Waals surface area contributed by atoms with Crippen LogP contribution < -0.4 is 0 Å². The van der Waals surface area contributed by atoms with Crippen molar-refractivity contribution in [1.29, 1.82) is 0 Å². The van der Waals surface area contributed by atoms with Crippen molar-refractivity contribution < 1.29 is 18.6 Å². The molecule has 0 saturated heterocycles. The van der Waals surface area contributed by atoms with E-state index in [1.807, 2.05) is 0 Å². The van der Waals surface area contributed by atoms with Crippen LogP contribution >= 0.6 is 0 Å². The van der Waals surface area contributed by atoms with Gasteiger partial charge in [0.15, 0.2) is 9.84 Å². The summed E-state index contributed by atoms with van der Waals surface area (Å²) in [4.78, 5) is 0. The van der Waals surface area contributed by atoms with Crippen molar-refractivity contribution in [2.45, 2.75) is 53.8 Å². The predicted octanol–water partition coefficient (Wildman–Crippen LogP) is 1.22. The molecule has 2 atom stereocenters. The van der Waals surface area contributed by atoms with E-state index in [0.717, 1.165) is 0 Å². The highest BCUT2D eigenvalue weighted by molar-refractivity contribution is 7.91. The molecule has 0 aromatic heterocycles. The lowest BCUT2D eigenvalue weighted by Crippen LogP contribution is -2.39. The Bertz CT molecular complexity index is 304. The normalized spacial score (nSPS) is 17.9. The third-order valence-electron chi connectivity index (χ3n) is 2.82. The maximum atomic E-state index is 11.8. The average molecular weight is 266 g/mol. The van der Waals surface area contributed by atoms with Gasteiger partial charge in [-0.15, -0.1) is 0 Å². The molecule has 0 aliphatic heterocycles. The molecule has 0 rings (SSSR count). The summed E-state index contributed by atoms with van der Waals surface area (Å²) < 4.78 is 23.6. The molecule has 0 aliphatic carbocycles. The second kappa shape index (κ2) is 5.24. The first-order chi connectivity index (χ1) is 7.26. The van der Waals surface area contributed by atoms with E-state index in [-0.39, 0.29) is 11.5 Å². The molecular formula is C12H26O4S. The van der Waals surface area contributed by atoms with Crippen molar-refractivity contribution in [3.05, 3.63) is 0 Å². The van der Waals surface area contributed by atoms with Gasteiger partial charge in [-0.25, -0.2) is 8.42 Å². The summed E-state index contributed by atoms with van der Waals surface area (Å²) >= 11 is 0. The van der Waals surface area contributed by atoms with E-state index < -0.39 is 32.9 Å². The summed E-state index contributed by atoms with van der Waals surface area (Å²) in [6.07, 6.45) is -1.83. The first kappa shape index (κ1) is 16.9. The van der Waals surface area contributed by atoms with Gasteiger partial charge in [-0.2, -0.15) is 0 Å². The molecule has 0 amide bonds. The fourth-order valence-electron chi connectivity index (χ4n) is 1.05. The molecule has 0 bridgehead atoms. The van der Waals surface area contributed by atoms with Crippen LogP contribution in [0, 0.1) is 10.8 Å². The fourth-order valence-corrected chi connectivity index (χ4v) is 3.15. The fraction of sp³-hybridized carbons (Fsp3) is 1.00. The summed E-state index contributed by atoms with van der Waals surface area (Å²) in [5.74, 6) is -0.604. The summed E-state index contributed by atoms with van der Waals surface area (Å²) in [5.41, 5.74) is -0.945. The van der Waals surface area contributed by atoms with E-state index in [1.165, 1.54) is 0 Å². The molecule has 104 valence electrons. The lowest BCUT2D eigenvalue weighted by Gasteiger charge is -2.28. The van der Waals surface area contributed by atoms with Crippen LogP contribution in [0.5, 0.6) is 0 Å². The minimum Gasteiger partial charge on any atom is -0.392 e. The molecule has 5 heteroatoms. The van der Waals surface area contributed by atoms with Crippen molar-refractivity contribution in [3.8, 4) is 0 Å². The zero-order valence-corrected chi connectivity index (χ0v) is 12.5. The second-order valence-electron chi connectivity index (χ2n) is 6.84. The molecule has 0 spiro atoms. The Morgan fingerprint density at radius 3 is 1.24 bits per heavy atom. The Kier molecular flexibility index (Phi) is 5.20. The lowest BCUT2D eigenvalue weighted by molar-refractivity contribution is 0.0764. The van der Waals surface area contributed by atoms with Crippen molar-refractivity contribution in [2.24, 2.45) is 10.8 Å². The first-order valence-corrected chi connectivity index (χ1v) is 7.64. The second-order valence-corrected chi connectivity index (χ2v) is 8.99. The van der Waals surface area contributed by atoms with Gasteiger partial charge in [-0.05, 0) is 10.8 Å². The topological polar surface area (TPSA) is 74.6 Å². The first-order valence-electron chi connectivity index (χ1n) is 5.82. The molecule has 0 fully saturated rings. The molecule has 2 unspecified atom stereocenters. The molecule has 0 heterocycles. The number of aliphatic hydroxyl groups is 2. The molecule has 0 radical (unpaired) electrons. The van der Waals surface area contributed by atoms with E-state index in [2.05, 4.69) is 0 Å². The Labute approximate surface area is 105 Å². The van der Waals surface area contributed by atoms with Gasteiger partial charge in [0.2, 0.25) is 0 Å². The van der Waals surface area contributed by atoms with Gasteiger partial charge < -0.3 is 10.2 Å². The van der Waals surface area contributed by atoms with E-state index >= 15 is 0 Å². The van der Waals surface area contributed by atoms with Crippen LogP contribution in [0.3, 0.4) is 0 Å². The maximum absolute atomic E-state index is 11.8. The number of hydrogen-bond donors (Lipinski definition) is 2. The number of aliphatic hydroxyl groups excluding tert-OH is 2. The SMILES string of the molecule is CC(C)(C)C(O)CS(=O)(=O)CC(O)C(C)(C)C. The van der Waals surface area contributed by atoms with Crippen molar-refractivity contribution in [2.75, 3.05) is 11.5 Å². The van der Waals surface area contributed by atoms with Crippen LogP contribution in [-0.4, -0.2) is 42.3 Å². The van der Waals surface area contributed by atoms with Crippen LogP contribution in [0.25, 0.3) is 0 Å². The van der Waals surface area contributed by atoms with Gasteiger partial charge in [-0.1, -0.05) is 41.5 Å². The largest absolute Gasteiger partial charge is 0.392 e. The third-order valence-corrected chi connectivity index (χ3v) is 4.47. The number of rotatable bonds is 4. The highest BCUT2D eigenvalue weighted by Gasteiger charge is 2.32. The van der Waals surface area contributed by atoms with Gasteiger partial charge >= 0.3 is 0 Å². The number of sulfone groups is 1. The zero-order chi connectivity index (χ0) is 14.1. The quantitative estimate of drug-likeness (QED) is 0.802. The van der Waals surface area contributed by atoms with Gasteiger partial charge in [-0.3, -0.25) is 0 Å². The van der Waals surface area contributed by atoms with Gasteiger partial charge in [0, 0.05) is 0 Å². The summed E-state index contributed by atoms with van der Waals surface area (Å²) in [7, 11) is -3.45. The predicted molar refractivity (Wildman–Crippen MR) is 69.6 cm³/mol. The van der Waals surface area contributed by atoms with Crippen LogP contribution in [-0.2, 0) is 9.84 Å². The summed E-state index contributed by atoms with van der Waals surface area (Å²) in [5, 5.41) is 19.6. The van der Waals surface area contributed by atoms with Gasteiger partial charge in [0.05, 0.1) is 23.7 Å². The van der Waals surface area contributed by atoms with Crippen LogP contribution in [0.1, 0.15) is 41.5 Å². The minimum atomic E-state index is -3.45. The maximum Gasteiger partial charge on any atom is 0.155 e. The van der Waals surface area contributed by atoms with Gasteiger partial charge in [0.1, 0.15) is 0 Å². The summed E-state index contributed by atoms with van der Waals surface area (Å²) in [6.45, 7) is 10.7. The van der Waals surface area contributed by atoms with E-state index in [1.54, 1.807) is 41.5 Å². The lowest BCUT2D eigenvalue weighted by atomic mass is 9.90. The smallest absolute Gasteiger partial charge is 0.155 e. The standard InChI is InChI=1S/C12H26O4S/c1-11(2,3)9(13)7-17(15,16)8-10(14)12(4,5)6/h9-10,13-14H,7-8H2,1-6H3. The van der Waals surface area contributed by atoms with Crippen molar-refractivity contribution in [1.82, 2.24) is 0 Å². The highest BCUT2D eigenvalue weighted by Crippen LogP contribution is 2.23. The molecule has 0 saturated carbocycles. The molecule has 2 N–H and O–H groups in total. The minimum absolute atomic E-state index is 0.302. The molecule has 0 aromatic carbocycles. The van der Waals surface area contributed by atoms with Crippen molar-refractivity contribution >= 4 is 9.84 Å². The Morgan fingerprint density at radius 2 is 1.06 bits per heavy atom. The van der Waals surface area contributed by atoms with Crippen LogP contribution in [0.4, 0.5) is 0 Å². The van der Waals surface area contributed by atoms with Crippen LogP contribution in [0.15, 0.2) is 0 Å². The zero-order valence-electron chi connectivity index (χ0n) is 11.7. The Morgan fingerprint density at radius 1 is 0.824 bits per heavy atom. The van der Waals surface area contributed by atoms with E-state index in [0.29, 0.717) is 0 Å². The van der Waals surface area contributed by atoms with Gasteiger partial charge in [0.25, 0.3) is 0 Å². The molecule has 0 aliphatic rings. The molecule has 4 nitrogen and oxygen atoms in total. The van der Waals surface area contributed by atoms with Crippen molar-refractivity contribution in [3.63, 3.8) is 0 Å². The Hall–Kier alpha value is -0.130. The highest BCUT2D eigenvalue weighted by atomic mass is 32.2. The number of hydrogen-bond acceptors (Lipinski definition) is 4. The Balaban J connectivity index is 4.63. The molecular weight excluding hydrogens is 240 g/mol. The van der Waals surface area contributed by atoms with E-state index in [4.69, 9.17) is 0 Å². The van der Waals surface area contributed by atoms with E-state index in [9.17, 15) is 18.6 Å². The monoisotopic (exact) mass is 266 g/mol. The molecule has 17 heavy (non-hydrogen) atoms. The summed E-state index contributed by atoms with van der Waals surface area (Å²) in [6, 6.07) is 0. The third kappa shape index (κ3) is 6.38. The average Bonchev–Trinajstić information content (AvgIpc) is 1.97.